The van der Waals surface area contributed by atoms with Gasteiger partial charge < -0.3 is 5.32 Å². The summed E-state index contributed by atoms with van der Waals surface area (Å²) >= 11 is 0. The third-order valence-electron chi connectivity index (χ3n) is 6.80. The number of benzene rings is 1. The Morgan fingerprint density at radius 2 is 1.58 bits per heavy atom. The first-order chi connectivity index (χ1) is 12.5. The van der Waals surface area contributed by atoms with Crippen molar-refractivity contribution in [1.29, 1.82) is 0 Å². The van der Waals surface area contributed by atoms with Gasteiger partial charge in [0.2, 0.25) is 17.7 Å². The van der Waals surface area contributed by atoms with Crippen LogP contribution in [0.3, 0.4) is 0 Å². The predicted molar refractivity (Wildman–Crippen MR) is 96.0 cm³/mol. The lowest BCUT2D eigenvalue weighted by Crippen LogP contribution is -2.40. The van der Waals surface area contributed by atoms with Crippen LogP contribution in [0.25, 0.3) is 0 Å². The second-order valence-electron chi connectivity index (χ2n) is 8.23. The SMILES string of the molecule is Cc1cccc(C)c1NC(=O)CN1C(=O)[C@@H]2[C@H]3C=C[C@@H]([C@@H]4C[C@@H]34)[C@@H]2C1=O. The monoisotopic (exact) mass is 350 g/mol. The Bertz CT molecular complexity index is 818. The van der Waals surface area contributed by atoms with Gasteiger partial charge in [0, 0.05) is 5.69 Å². The Hall–Kier alpha value is -2.43. The molecule has 0 spiro atoms. The summed E-state index contributed by atoms with van der Waals surface area (Å²) in [6, 6.07) is 5.80. The normalized spacial score (nSPS) is 36.2. The average Bonchev–Trinajstić information content (AvgIpc) is 3.40. The van der Waals surface area contributed by atoms with Crippen molar-refractivity contribution < 1.29 is 14.4 Å². The molecule has 4 aliphatic carbocycles. The number of hydrogen-bond acceptors (Lipinski definition) is 3. The molecular weight excluding hydrogens is 328 g/mol. The molecule has 1 N–H and O–H groups in total. The fourth-order valence-corrected chi connectivity index (χ4v) is 5.51. The maximum absolute atomic E-state index is 12.9. The number of carbonyl (C=O) groups is 3. The van der Waals surface area contributed by atoms with Crippen LogP contribution in [0, 0.1) is 49.4 Å². The summed E-state index contributed by atoms with van der Waals surface area (Å²) < 4.78 is 0. The van der Waals surface area contributed by atoms with Crippen LogP contribution < -0.4 is 5.32 Å². The fourth-order valence-electron chi connectivity index (χ4n) is 5.51. The smallest absolute Gasteiger partial charge is 0.244 e. The molecule has 0 radical (unpaired) electrons. The van der Waals surface area contributed by atoms with Crippen molar-refractivity contribution in [3.8, 4) is 0 Å². The van der Waals surface area contributed by atoms with E-state index in [1.807, 2.05) is 32.0 Å². The van der Waals surface area contributed by atoms with Crippen LogP contribution in [0.15, 0.2) is 30.4 Å². The molecule has 1 heterocycles. The van der Waals surface area contributed by atoms with Gasteiger partial charge in [-0.3, -0.25) is 19.3 Å². The van der Waals surface area contributed by atoms with Gasteiger partial charge in [0.25, 0.3) is 0 Å². The number of allylic oxidation sites excluding steroid dienone is 2. The molecule has 5 nitrogen and oxygen atoms in total. The van der Waals surface area contributed by atoms with E-state index >= 15 is 0 Å². The van der Waals surface area contributed by atoms with Crippen LogP contribution in [-0.4, -0.2) is 29.2 Å². The summed E-state index contributed by atoms with van der Waals surface area (Å²) in [5, 5.41) is 2.88. The van der Waals surface area contributed by atoms with E-state index in [9.17, 15) is 14.4 Å². The Morgan fingerprint density at radius 1 is 1.04 bits per heavy atom. The van der Waals surface area contributed by atoms with Crippen LogP contribution >= 0.6 is 0 Å². The molecule has 26 heavy (non-hydrogen) atoms. The number of likely N-dealkylation sites (tertiary alicyclic amines) is 1. The Morgan fingerprint density at radius 3 is 2.12 bits per heavy atom. The second-order valence-corrected chi connectivity index (χ2v) is 8.23. The molecule has 1 aliphatic heterocycles. The minimum absolute atomic E-state index is 0.152. The van der Waals surface area contributed by atoms with Crippen molar-refractivity contribution in [1.82, 2.24) is 4.90 Å². The van der Waals surface area contributed by atoms with Gasteiger partial charge in [-0.05, 0) is 55.1 Å². The minimum atomic E-state index is -0.312. The maximum Gasteiger partial charge on any atom is 0.244 e. The largest absolute Gasteiger partial charge is 0.324 e. The van der Waals surface area contributed by atoms with Crippen molar-refractivity contribution >= 4 is 23.4 Å². The number of rotatable bonds is 3. The topological polar surface area (TPSA) is 66.5 Å². The van der Waals surface area contributed by atoms with Gasteiger partial charge in [0.15, 0.2) is 0 Å². The molecule has 5 aliphatic rings. The number of carbonyl (C=O) groups excluding carboxylic acids is 3. The van der Waals surface area contributed by atoms with Gasteiger partial charge in [-0.1, -0.05) is 30.4 Å². The van der Waals surface area contributed by atoms with Gasteiger partial charge in [-0.25, -0.2) is 0 Å². The molecular formula is C21H22N2O3. The minimum Gasteiger partial charge on any atom is -0.324 e. The molecule has 1 saturated heterocycles. The fraction of sp³-hybridized carbons (Fsp3) is 0.476. The Labute approximate surface area is 152 Å². The zero-order chi connectivity index (χ0) is 18.2. The molecule has 1 aromatic carbocycles. The highest BCUT2D eigenvalue weighted by atomic mass is 16.2. The average molecular weight is 350 g/mol. The maximum atomic E-state index is 12.9. The number of para-hydroxylation sites is 1. The van der Waals surface area contributed by atoms with Crippen molar-refractivity contribution in [2.75, 3.05) is 11.9 Å². The van der Waals surface area contributed by atoms with Crippen LogP contribution in [0.4, 0.5) is 5.69 Å². The first-order valence-electron chi connectivity index (χ1n) is 9.37. The lowest BCUT2D eigenvalue weighted by atomic mass is 9.63. The predicted octanol–water partition coefficient (Wildman–Crippen LogP) is 2.30. The third kappa shape index (κ3) is 2.06. The molecule has 6 atom stereocenters. The Kier molecular flexibility index (Phi) is 3.21. The van der Waals surface area contributed by atoms with E-state index in [0.29, 0.717) is 11.8 Å². The lowest BCUT2D eigenvalue weighted by Gasteiger charge is -2.37. The number of nitrogens with one attached hydrogen (secondary N) is 1. The summed E-state index contributed by atoms with van der Waals surface area (Å²) in [5.41, 5.74) is 2.69. The van der Waals surface area contributed by atoms with Gasteiger partial charge in [0.1, 0.15) is 6.54 Å². The molecule has 2 bridgehead atoms. The molecule has 0 aromatic heterocycles. The van der Waals surface area contributed by atoms with E-state index in [0.717, 1.165) is 23.2 Å². The third-order valence-corrected chi connectivity index (χ3v) is 6.80. The van der Waals surface area contributed by atoms with Crippen molar-refractivity contribution in [2.24, 2.45) is 35.5 Å². The molecule has 134 valence electrons. The van der Waals surface area contributed by atoms with Crippen molar-refractivity contribution in [3.63, 3.8) is 0 Å². The Balaban J connectivity index is 1.35. The first-order valence-corrected chi connectivity index (χ1v) is 9.37. The van der Waals surface area contributed by atoms with E-state index < -0.39 is 0 Å². The van der Waals surface area contributed by atoms with E-state index in [1.54, 1.807) is 0 Å². The molecule has 1 aromatic rings. The zero-order valence-corrected chi connectivity index (χ0v) is 14.9. The van der Waals surface area contributed by atoms with Crippen LogP contribution in [0.5, 0.6) is 0 Å². The van der Waals surface area contributed by atoms with Crippen molar-refractivity contribution in [2.45, 2.75) is 20.3 Å². The number of aryl methyl sites for hydroxylation is 2. The van der Waals surface area contributed by atoms with Gasteiger partial charge in [-0.2, -0.15) is 0 Å². The first kappa shape index (κ1) is 15.8. The summed E-state index contributed by atoms with van der Waals surface area (Å²) in [6.07, 6.45) is 5.43. The molecule has 0 unspecified atom stereocenters. The van der Waals surface area contributed by atoms with Crippen molar-refractivity contribution in [3.05, 3.63) is 41.5 Å². The summed E-state index contributed by atoms with van der Waals surface area (Å²) in [4.78, 5) is 39.6. The molecule has 6 rings (SSSR count). The highest BCUT2D eigenvalue weighted by molar-refractivity contribution is 6.09. The van der Waals surface area contributed by atoms with Gasteiger partial charge in [0.05, 0.1) is 11.8 Å². The van der Waals surface area contributed by atoms with E-state index in [-0.39, 0.29) is 47.9 Å². The van der Waals surface area contributed by atoms with E-state index in [4.69, 9.17) is 0 Å². The zero-order valence-electron chi connectivity index (χ0n) is 14.9. The number of imide groups is 1. The summed E-state index contributed by atoms with van der Waals surface area (Å²) in [7, 11) is 0. The van der Waals surface area contributed by atoms with Crippen LogP contribution in [-0.2, 0) is 14.4 Å². The van der Waals surface area contributed by atoms with Gasteiger partial charge >= 0.3 is 0 Å². The highest BCUT2D eigenvalue weighted by Crippen LogP contribution is 2.65. The standard InChI is InChI=1S/C21H22N2O3/c1-10-4-3-5-11(2)19(10)22-16(24)9-23-20(25)17-12-6-7-13(15-8-14(12)15)18(17)21(23)26/h3-7,12-15,17-18H,8-9H2,1-2H3,(H,22,24)/t12-,13-,14-,15-,17-,18+/m0/s1. The molecule has 3 fully saturated rings. The summed E-state index contributed by atoms with van der Waals surface area (Å²) in [5.74, 6) is 0.438. The molecule has 2 saturated carbocycles. The van der Waals surface area contributed by atoms with Crippen LogP contribution in [0.1, 0.15) is 17.5 Å². The number of amides is 3. The molecule has 3 amide bonds. The van der Waals surface area contributed by atoms with E-state index in [1.165, 1.54) is 4.90 Å². The highest BCUT2D eigenvalue weighted by Gasteiger charge is 2.67. The number of nitrogens with zero attached hydrogens (tertiary/aromatic N) is 1. The van der Waals surface area contributed by atoms with E-state index in [2.05, 4.69) is 17.5 Å². The number of anilines is 1. The molecule has 5 heteroatoms. The second kappa shape index (κ2) is 5.29. The van der Waals surface area contributed by atoms with Gasteiger partial charge in [-0.15, -0.1) is 0 Å². The quantitative estimate of drug-likeness (QED) is 0.672. The number of hydrogen-bond donors (Lipinski definition) is 1. The lowest BCUT2D eigenvalue weighted by molar-refractivity contribution is -0.142. The summed E-state index contributed by atoms with van der Waals surface area (Å²) in [6.45, 7) is 3.67. The van der Waals surface area contributed by atoms with Crippen LogP contribution in [0.2, 0.25) is 0 Å².